The van der Waals surface area contributed by atoms with Crippen molar-refractivity contribution in [3.8, 4) is 11.5 Å². The van der Waals surface area contributed by atoms with Gasteiger partial charge in [0.1, 0.15) is 0 Å². The normalized spacial score (nSPS) is 18.7. The zero-order chi connectivity index (χ0) is 13.2. The Kier molecular flexibility index (Phi) is 3.25. The number of nitrogens with one attached hydrogen (secondary N) is 1. The lowest BCUT2D eigenvalue weighted by molar-refractivity contribution is 0.356. The second-order valence-electron chi connectivity index (χ2n) is 4.77. The summed E-state index contributed by atoms with van der Waals surface area (Å²) in [6.07, 6.45) is 4.21. The van der Waals surface area contributed by atoms with E-state index in [-0.39, 0.29) is 0 Å². The number of ether oxygens (including phenoxy) is 2. The molecule has 1 aromatic carbocycles. The number of methoxy groups -OCH3 is 2. The second kappa shape index (κ2) is 5.05. The number of nitrogens with zero attached hydrogens (tertiary/aromatic N) is 1. The lowest BCUT2D eigenvalue weighted by Crippen LogP contribution is -2.14. The van der Waals surface area contributed by atoms with Crippen LogP contribution in [0.1, 0.15) is 24.6 Å². The molecule has 19 heavy (non-hydrogen) atoms. The second-order valence-corrected chi connectivity index (χ2v) is 4.77. The quantitative estimate of drug-likeness (QED) is 0.919. The fourth-order valence-corrected chi connectivity index (χ4v) is 2.72. The average molecular weight is 258 g/mol. The Morgan fingerprint density at radius 3 is 2.68 bits per heavy atom. The maximum Gasteiger partial charge on any atom is 0.161 e. The maximum absolute atomic E-state index is 5.39. The Bertz CT molecular complexity index is 592. The van der Waals surface area contributed by atoms with Crippen molar-refractivity contribution in [2.75, 3.05) is 20.8 Å². The van der Waals surface area contributed by atoms with E-state index in [2.05, 4.69) is 10.3 Å². The number of fused-ring (bicyclic) bond motifs is 1. The van der Waals surface area contributed by atoms with Crippen molar-refractivity contribution in [3.63, 3.8) is 0 Å². The van der Waals surface area contributed by atoms with E-state index >= 15 is 0 Å². The van der Waals surface area contributed by atoms with E-state index in [0.29, 0.717) is 6.04 Å². The third-order valence-corrected chi connectivity index (χ3v) is 3.69. The van der Waals surface area contributed by atoms with Gasteiger partial charge in [-0.1, -0.05) is 0 Å². The Hall–Kier alpha value is -1.81. The average Bonchev–Trinajstić information content (AvgIpc) is 2.99. The predicted molar refractivity (Wildman–Crippen MR) is 74.8 cm³/mol. The molecule has 1 fully saturated rings. The first-order valence-corrected chi connectivity index (χ1v) is 6.57. The molecule has 0 radical (unpaired) electrons. The van der Waals surface area contributed by atoms with Gasteiger partial charge in [-0.15, -0.1) is 0 Å². The maximum atomic E-state index is 5.39. The molecule has 0 saturated carbocycles. The minimum Gasteiger partial charge on any atom is -0.493 e. The fourth-order valence-electron chi connectivity index (χ4n) is 2.72. The van der Waals surface area contributed by atoms with Crippen LogP contribution in [0, 0.1) is 0 Å². The number of hydrogen-bond acceptors (Lipinski definition) is 4. The van der Waals surface area contributed by atoms with E-state index in [0.717, 1.165) is 40.9 Å². The number of rotatable bonds is 3. The molecule has 4 heteroatoms. The Morgan fingerprint density at radius 1 is 1.21 bits per heavy atom. The van der Waals surface area contributed by atoms with Crippen LogP contribution in [0.5, 0.6) is 11.5 Å². The van der Waals surface area contributed by atoms with Gasteiger partial charge in [0.25, 0.3) is 0 Å². The van der Waals surface area contributed by atoms with Gasteiger partial charge in [0.15, 0.2) is 11.5 Å². The zero-order valence-corrected chi connectivity index (χ0v) is 11.3. The largest absolute Gasteiger partial charge is 0.493 e. The minimum atomic E-state index is 0.349. The first-order valence-electron chi connectivity index (χ1n) is 6.57. The molecule has 1 aromatic heterocycles. The monoisotopic (exact) mass is 258 g/mol. The molecule has 2 aromatic rings. The highest BCUT2D eigenvalue weighted by molar-refractivity contribution is 5.88. The Morgan fingerprint density at radius 2 is 2.00 bits per heavy atom. The number of hydrogen-bond donors (Lipinski definition) is 1. The van der Waals surface area contributed by atoms with Crippen LogP contribution in [-0.2, 0) is 0 Å². The van der Waals surface area contributed by atoms with Crippen molar-refractivity contribution in [1.29, 1.82) is 0 Å². The molecule has 1 N–H and O–H groups in total. The third-order valence-electron chi connectivity index (χ3n) is 3.69. The van der Waals surface area contributed by atoms with E-state index in [4.69, 9.17) is 9.47 Å². The summed E-state index contributed by atoms with van der Waals surface area (Å²) in [7, 11) is 3.32. The molecule has 3 rings (SSSR count). The molecule has 100 valence electrons. The standard InChI is InChI=1S/C15H18N2O2/c1-18-13-8-10-5-7-17-15(12-4-3-6-16-12)11(10)9-14(13)19-2/h5,7-9,12,16H,3-4,6H2,1-2H3. The van der Waals surface area contributed by atoms with Gasteiger partial charge in [0.2, 0.25) is 0 Å². The van der Waals surface area contributed by atoms with Crippen molar-refractivity contribution in [2.24, 2.45) is 0 Å². The smallest absolute Gasteiger partial charge is 0.161 e. The lowest BCUT2D eigenvalue weighted by atomic mass is 10.0. The summed E-state index contributed by atoms with van der Waals surface area (Å²) in [6.45, 7) is 1.07. The number of pyridine rings is 1. The minimum absolute atomic E-state index is 0.349. The van der Waals surface area contributed by atoms with Crippen molar-refractivity contribution in [3.05, 3.63) is 30.1 Å². The van der Waals surface area contributed by atoms with Gasteiger partial charge in [0, 0.05) is 11.6 Å². The molecule has 0 spiro atoms. The van der Waals surface area contributed by atoms with Gasteiger partial charge in [-0.05, 0) is 43.0 Å². The molecule has 1 saturated heterocycles. The highest BCUT2D eigenvalue weighted by Crippen LogP contribution is 2.35. The molecule has 1 aliphatic rings. The zero-order valence-electron chi connectivity index (χ0n) is 11.3. The van der Waals surface area contributed by atoms with Gasteiger partial charge in [0.05, 0.1) is 26.0 Å². The first-order chi connectivity index (χ1) is 9.33. The summed E-state index contributed by atoms with van der Waals surface area (Å²) >= 11 is 0. The van der Waals surface area contributed by atoms with E-state index in [9.17, 15) is 0 Å². The van der Waals surface area contributed by atoms with Crippen molar-refractivity contribution in [1.82, 2.24) is 10.3 Å². The lowest BCUT2D eigenvalue weighted by Gasteiger charge is -2.15. The van der Waals surface area contributed by atoms with Crippen LogP contribution in [0.15, 0.2) is 24.4 Å². The molecule has 1 unspecified atom stereocenters. The number of aromatic nitrogens is 1. The van der Waals surface area contributed by atoms with Crippen LogP contribution in [0.25, 0.3) is 10.8 Å². The molecule has 0 amide bonds. The summed E-state index contributed by atoms with van der Waals surface area (Å²) in [5, 5.41) is 5.77. The van der Waals surface area contributed by atoms with Gasteiger partial charge in [-0.2, -0.15) is 0 Å². The van der Waals surface area contributed by atoms with E-state index in [1.54, 1.807) is 14.2 Å². The van der Waals surface area contributed by atoms with Crippen molar-refractivity contribution in [2.45, 2.75) is 18.9 Å². The van der Waals surface area contributed by atoms with Crippen molar-refractivity contribution < 1.29 is 9.47 Å². The molecule has 0 aliphatic carbocycles. The predicted octanol–water partition coefficient (Wildman–Crippen LogP) is 2.68. The van der Waals surface area contributed by atoms with Gasteiger partial charge >= 0.3 is 0 Å². The fraction of sp³-hybridized carbons (Fsp3) is 0.400. The van der Waals surface area contributed by atoms with Crippen LogP contribution in [0.4, 0.5) is 0 Å². The summed E-state index contributed by atoms with van der Waals surface area (Å²) in [5.74, 6) is 1.51. The molecule has 0 bridgehead atoms. The van der Waals surface area contributed by atoms with E-state index in [1.165, 1.54) is 6.42 Å². The van der Waals surface area contributed by atoms with Crippen LogP contribution in [-0.4, -0.2) is 25.7 Å². The van der Waals surface area contributed by atoms with E-state index < -0.39 is 0 Å². The summed E-state index contributed by atoms with van der Waals surface area (Å²) < 4.78 is 10.7. The van der Waals surface area contributed by atoms with Crippen LogP contribution in [0.3, 0.4) is 0 Å². The summed E-state index contributed by atoms with van der Waals surface area (Å²) in [5.41, 5.74) is 1.11. The van der Waals surface area contributed by atoms with Crippen LogP contribution in [0.2, 0.25) is 0 Å². The van der Waals surface area contributed by atoms with Crippen molar-refractivity contribution >= 4 is 10.8 Å². The topological polar surface area (TPSA) is 43.4 Å². The van der Waals surface area contributed by atoms with Crippen LogP contribution >= 0.6 is 0 Å². The molecule has 1 atom stereocenters. The Labute approximate surface area is 112 Å². The van der Waals surface area contributed by atoms with Gasteiger partial charge < -0.3 is 14.8 Å². The number of benzene rings is 1. The molecular formula is C15H18N2O2. The molecular weight excluding hydrogens is 240 g/mol. The molecule has 1 aliphatic heterocycles. The summed E-state index contributed by atoms with van der Waals surface area (Å²) in [4.78, 5) is 4.56. The summed E-state index contributed by atoms with van der Waals surface area (Å²) in [6, 6.07) is 6.39. The Balaban J connectivity index is 2.17. The highest BCUT2D eigenvalue weighted by atomic mass is 16.5. The van der Waals surface area contributed by atoms with Gasteiger partial charge in [-0.3, -0.25) is 4.98 Å². The highest BCUT2D eigenvalue weighted by Gasteiger charge is 2.20. The SMILES string of the molecule is COc1cc2ccnc(C3CCCN3)c2cc1OC. The van der Waals surface area contributed by atoms with E-state index in [1.807, 2.05) is 24.4 Å². The third kappa shape index (κ3) is 2.12. The van der Waals surface area contributed by atoms with Crippen LogP contribution < -0.4 is 14.8 Å². The first kappa shape index (κ1) is 12.2. The van der Waals surface area contributed by atoms with Gasteiger partial charge in [-0.25, -0.2) is 0 Å². The molecule has 4 nitrogen and oxygen atoms in total. The molecule has 2 heterocycles.